The molecule has 0 bridgehead atoms. The van der Waals surface area contributed by atoms with Crippen LogP contribution in [0.2, 0.25) is 0 Å². The van der Waals surface area contributed by atoms with E-state index in [1.165, 1.54) is 6.07 Å². The standard InChI is InChI=1S/C27H33F2N9O4S2/c1-14-10-37(11-15(2)30-14)19-9-17(44(40,41)35-27(3)4-5-27)8-18-20(19)31-25(32-21(18)23-33-34-24(43-23)22(28)29)36-6-7-38-16(12-36)13-42-26(38)39/h8-9,14-16,22,30,35H,4-7,10-13H2,1-3H3/t14-,15-,16?/m0/s1. The zero-order valence-electron chi connectivity index (χ0n) is 24.5. The summed E-state index contributed by atoms with van der Waals surface area (Å²) in [6.07, 6.45) is -1.69. The van der Waals surface area contributed by atoms with E-state index < -0.39 is 27.0 Å². The molecule has 3 aromatic rings. The second kappa shape index (κ2) is 10.7. The second-order valence-electron chi connectivity index (χ2n) is 12.4. The van der Waals surface area contributed by atoms with Crippen LogP contribution in [0.3, 0.4) is 0 Å². The van der Waals surface area contributed by atoms with Gasteiger partial charge in [0.2, 0.25) is 16.0 Å². The maximum atomic E-state index is 13.7. The smallest absolute Gasteiger partial charge is 0.410 e. The second-order valence-corrected chi connectivity index (χ2v) is 15.1. The molecule has 1 saturated carbocycles. The molecule has 1 amide bonds. The first-order valence-electron chi connectivity index (χ1n) is 14.6. The van der Waals surface area contributed by atoms with Crippen LogP contribution in [0.4, 0.5) is 25.2 Å². The molecule has 5 heterocycles. The van der Waals surface area contributed by atoms with E-state index in [0.717, 1.165) is 12.8 Å². The van der Waals surface area contributed by atoms with Crippen molar-refractivity contribution in [2.24, 2.45) is 0 Å². The third kappa shape index (κ3) is 5.43. The van der Waals surface area contributed by atoms with Crippen LogP contribution < -0.4 is 19.8 Å². The summed E-state index contributed by atoms with van der Waals surface area (Å²) in [5, 5.41) is 11.3. The number of sulfonamides is 1. The zero-order valence-corrected chi connectivity index (χ0v) is 26.1. The lowest BCUT2D eigenvalue weighted by atomic mass is 10.1. The molecule has 4 fully saturated rings. The number of piperazine rings is 2. The van der Waals surface area contributed by atoms with Crippen molar-refractivity contribution >= 4 is 50.0 Å². The Kier molecular flexibility index (Phi) is 7.13. The van der Waals surface area contributed by atoms with Gasteiger partial charge >= 0.3 is 6.09 Å². The summed E-state index contributed by atoms with van der Waals surface area (Å²) in [7, 11) is -3.95. The number of carbonyl (C=O) groups is 1. The van der Waals surface area contributed by atoms with Gasteiger partial charge in [-0.15, -0.1) is 10.2 Å². The van der Waals surface area contributed by atoms with Gasteiger partial charge in [0.1, 0.15) is 12.3 Å². The number of alkyl halides is 2. The number of fused-ring (bicyclic) bond motifs is 2. The van der Waals surface area contributed by atoms with E-state index in [-0.39, 0.29) is 46.4 Å². The van der Waals surface area contributed by atoms with E-state index >= 15 is 0 Å². The topological polar surface area (TPSA) is 146 Å². The Morgan fingerprint density at radius 2 is 1.84 bits per heavy atom. The molecule has 1 aromatic carbocycles. The minimum atomic E-state index is -3.95. The molecule has 1 aliphatic carbocycles. The highest BCUT2D eigenvalue weighted by Gasteiger charge is 2.42. The number of nitrogens with zero attached hydrogens (tertiary/aromatic N) is 7. The maximum Gasteiger partial charge on any atom is 0.410 e. The zero-order chi connectivity index (χ0) is 31.0. The van der Waals surface area contributed by atoms with E-state index in [2.05, 4.69) is 39.0 Å². The van der Waals surface area contributed by atoms with Crippen molar-refractivity contribution in [2.45, 2.75) is 68.6 Å². The number of aromatic nitrogens is 4. The summed E-state index contributed by atoms with van der Waals surface area (Å²) in [5.74, 6) is 0.331. The maximum absolute atomic E-state index is 13.7. The van der Waals surface area contributed by atoms with Crippen molar-refractivity contribution in [3.63, 3.8) is 0 Å². The monoisotopic (exact) mass is 649 g/mol. The quantitative estimate of drug-likeness (QED) is 0.390. The number of ether oxygens (including phenoxy) is 1. The predicted molar refractivity (Wildman–Crippen MR) is 160 cm³/mol. The Labute approximate surface area is 257 Å². The highest BCUT2D eigenvalue weighted by atomic mass is 32.2. The molecule has 3 saturated heterocycles. The lowest BCUT2D eigenvalue weighted by Gasteiger charge is -2.38. The van der Waals surface area contributed by atoms with Crippen LogP contribution in [-0.2, 0) is 14.8 Å². The largest absolute Gasteiger partial charge is 0.447 e. The lowest BCUT2D eigenvalue weighted by molar-refractivity contribution is 0.150. The van der Waals surface area contributed by atoms with E-state index in [1.807, 2.05) is 11.8 Å². The summed E-state index contributed by atoms with van der Waals surface area (Å²) in [4.78, 5) is 27.7. The van der Waals surface area contributed by atoms with Crippen molar-refractivity contribution in [3.05, 3.63) is 17.1 Å². The third-order valence-corrected chi connectivity index (χ3v) is 11.1. The molecule has 17 heteroatoms. The molecule has 2 aromatic heterocycles. The Hall–Kier alpha value is -3.28. The Balaban J connectivity index is 1.43. The number of nitrogens with one attached hydrogen (secondary N) is 2. The summed E-state index contributed by atoms with van der Waals surface area (Å²) < 4.78 is 62.8. The first kappa shape index (κ1) is 29.4. The first-order chi connectivity index (χ1) is 20.9. The third-order valence-electron chi connectivity index (χ3n) is 8.56. The molecule has 13 nitrogen and oxygen atoms in total. The molecule has 4 aliphatic rings. The van der Waals surface area contributed by atoms with Gasteiger partial charge < -0.3 is 19.9 Å². The molecule has 44 heavy (non-hydrogen) atoms. The van der Waals surface area contributed by atoms with Crippen molar-refractivity contribution in [3.8, 4) is 10.7 Å². The van der Waals surface area contributed by atoms with Gasteiger partial charge in [-0.1, -0.05) is 11.3 Å². The molecular formula is C27H33F2N9O4S2. The molecule has 1 unspecified atom stereocenters. The first-order valence-corrected chi connectivity index (χ1v) is 16.9. The number of cyclic esters (lactones) is 1. The van der Waals surface area contributed by atoms with Crippen LogP contribution in [0.1, 0.15) is 45.0 Å². The number of halogens is 2. The van der Waals surface area contributed by atoms with Crippen molar-refractivity contribution in [1.29, 1.82) is 0 Å². The molecule has 236 valence electrons. The van der Waals surface area contributed by atoms with Gasteiger partial charge in [0, 0.05) is 55.7 Å². The summed E-state index contributed by atoms with van der Waals surface area (Å²) in [6, 6.07) is 3.20. The van der Waals surface area contributed by atoms with E-state index in [9.17, 15) is 22.0 Å². The average Bonchev–Trinajstić information content (AvgIpc) is 3.33. The van der Waals surface area contributed by atoms with Crippen LogP contribution in [0.5, 0.6) is 0 Å². The van der Waals surface area contributed by atoms with Gasteiger partial charge in [0.25, 0.3) is 6.43 Å². The molecule has 7 rings (SSSR count). The van der Waals surface area contributed by atoms with Gasteiger partial charge in [-0.3, -0.25) is 4.90 Å². The van der Waals surface area contributed by atoms with Crippen LogP contribution in [0, 0.1) is 0 Å². The molecule has 0 spiro atoms. The number of anilines is 2. The molecule has 0 radical (unpaired) electrons. The minimum absolute atomic E-state index is 0.0402. The van der Waals surface area contributed by atoms with Gasteiger partial charge in [-0.05, 0) is 45.7 Å². The van der Waals surface area contributed by atoms with E-state index in [4.69, 9.17) is 14.7 Å². The fourth-order valence-corrected chi connectivity index (χ4v) is 8.38. The molecule has 3 atom stereocenters. The highest BCUT2D eigenvalue weighted by molar-refractivity contribution is 7.89. The van der Waals surface area contributed by atoms with Crippen LogP contribution in [-0.4, -0.2) is 103 Å². The fraction of sp³-hybridized carbons (Fsp3) is 0.593. The van der Waals surface area contributed by atoms with Crippen molar-refractivity contribution in [1.82, 2.24) is 35.1 Å². The number of amides is 1. The Morgan fingerprint density at radius 1 is 1.09 bits per heavy atom. The average molecular weight is 650 g/mol. The lowest BCUT2D eigenvalue weighted by Crippen LogP contribution is -2.54. The van der Waals surface area contributed by atoms with Gasteiger partial charge in [0.05, 0.1) is 22.1 Å². The van der Waals surface area contributed by atoms with Crippen LogP contribution >= 0.6 is 11.3 Å². The van der Waals surface area contributed by atoms with E-state index in [0.29, 0.717) is 66.6 Å². The summed E-state index contributed by atoms with van der Waals surface area (Å²) >= 11 is 0.713. The molecular weight excluding hydrogens is 616 g/mol. The Morgan fingerprint density at radius 3 is 2.52 bits per heavy atom. The van der Waals surface area contributed by atoms with Crippen LogP contribution in [0.15, 0.2) is 17.0 Å². The number of carbonyl (C=O) groups excluding carboxylic acids is 1. The van der Waals surface area contributed by atoms with Crippen LogP contribution in [0.25, 0.3) is 21.6 Å². The van der Waals surface area contributed by atoms with E-state index in [1.54, 1.807) is 11.0 Å². The number of benzene rings is 1. The SMILES string of the molecule is C[C@H]1CN(c2cc(S(=O)(=O)NC3(C)CC3)cc3c(-c4nnc(C(F)F)s4)nc(N4CCN5C(=O)OCC5C4)nc23)C[C@H](C)N1. The molecule has 3 aliphatic heterocycles. The molecule has 2 N–H and O–H groups in total. The minimum Gasteiger partial charge on any atom is -0.447 e. The van der Waals surface area contributed by atoms with Gasteiger partial charge in [0.15, 0.2) is 10.0 Å². The normalized spacial score (nSPS) is 25.1. The number of rotatable bonds is 7. The van der Waals surface area contributed by atoms with Gasteiger partial charge in [-0.2, -0.15) is 0 Å². The van der Waals surface area contributed by atoms with Crippen molar-refractivity contribution < 1.29 is 26.7 Å². The highest BCUT2D eigenvalue weighted by Crippen LogP contribution is 2.41. The van der Waals surface area contributed by atoms with Gasteiger partial charge in [-0.25, -0.2) is 36.7 Å². The van der Waals surface area contributed by atoms with Crippen molar-refractivity contribution in [2.75, 3.05) is 49.1 Å². The number of hydrogen-bond donors (Lipinski definition) is 2. The summed E-state index contributed by atoms with van der Waals surface area (Å²) in [6.45, 7) is 8.68. The predicted octanol–water partition coefficient (Wildman–Crippen LogP) is 2.74. The fourth-order valence-electron chi connectivity index (χ4n) is 6.16. The Bertz CT molecular complexity index is 1730. The number of hydrogen-bond acceptors (Lipinski definition) is 12. The summed E-state index contributed by atoms with van der Waals surface area (Å²) in [5.41, 5.74) is 0.805.